The van der Waals surface area contributed by atoms with Crippen molar-refractivity contribution in [1.29, 1.82) is 0 Å². The van der Waals surface area contributed by atoms with Gasteiger partial charge in [0.05, 0.1) is 0 Å². The van der Waals surface area contributed by atoms with Gasteiger partial charge in [-0.05, 0) is 32.0 Å². The van der Waals surface area contributed by atoms with E-state index in [2.05, 4.69) is 32.2 Å². The molecule has 0 fully saturated rings. The molecule has 3 rings (SSSR count). The molecule has 0 bridgehead atoms. The molecule has 104 valence electrons. The van der Waals surface area contributed by atoms with Gasteiger partial charge in [-0.1, -0.05) is 13.8 Å². The molecule has 0 saturated carbocycles. The Morgan fingerprint density at radius 3 is 2.84 bits per heavy atom. The van der Waals surface area contributed by atoms with E-state index in [0.29, 0.717) is 6.04 Å². The summed E-state index contributed by atoms with van der Waals surface area (Å²) in [6, 6.07) is 4.38. The smallest absolute Gasteiger partial charge is 0.231 e. The van der Waals surface area contributed by atoms with Crippen LogP contribution >= 0.6 is 0 Å². The van der Waals surface area contributed by atoms with Gasteiger partial charge in [0.2, 0.25) is 12.5 Å². The van der Waals surface area contributed by atoms with Gasteiger partial charge in [-0.3, -0.25) is 0 Å². The van der Waals surface area contributed by atoms with E-state index >= 15 is 0 Å². The molecular formula is C15H21NO3. The van der Waals surface area contributed by atoms with Crippen LogP contribution in [0.2, 0.25) is 0 Å². The fourth-order valence-electron chi connectivity index (χ4n) is 2.82. The summed E-state index contributed by atoms with van der Waals surface area (Å²) >= 11 is 0. The van der Waals surface area contributed by atoms with Crippen LogP contribution in [0.25, 0.3) is 0 Å². The van der Waals surface area contributed by atoms with Crippen LogP contribution in [0.15, 0.2) is 12.1 Å². The van der Waals surface area contributed by atoms with Crippen molar-refractivity contribution in [2.24, 2.45) is 0 Å². The zero-order valence-electron chi connectivity index (χ0n) is 11.8. The van der Waals surface area contributed by atoms with Crippen LogP contribution in [0.5, 0.6) is 17.2 Å². The first kappa shape index (κ1) is 12.6. The number of rotatable bonds is 3. The maximum absolute atomic E-state index is 6.24. The summed E-state index contributed by atoms with van der Waals surface area (Å²) in [7, 11) is 0. The van der Waals surface area contributed by atoms with Crippen LogP contribution in [0.3, 0.4) is 0 Å². The van der Waals surface area contributed by atoms with E-state index < -0.39 is 0 Å². The number of benzene rings is 1. The van der Waals surface area contributed by atoms with Gasteiger partial charge in [-0.15, -0.1) is 0 Å². The molecule has 0 aromatic heterocycles. The lowest BCUT2D eigenvalue weighted by molar-refractivity contribution is 0.0406. The van der Waals surface area contributed by atoms with Crippen LogP contribution in [0.1, 0.15) is 45.2 Å². The lowest BCUT2D eigenvalue weighted by Gasteiger charge is -2.40. The van der Waals surface area contributed by atoms with E-state index in [-0.39, 0.29) is 12.4 Å². The van der Waals surface area contributed by atoms with Crippen molar-refractivity contribution in [3.05, 3.63) is 17.7 Å². The van der Waals surface area contributed by atoms with Gasteiger partial charge < -0.3 is 19.5 Å². The molecule has 2 heterocycles. The minimum Gasteiger partial charge on any atom is -0.483 e. The zero-order valence-corrected chi connectivity index (χ0v) is 11.8. The molecule has 2 unspecified atom stereocenters. The third-order valence-electron chi connectivity index (χ3n) is 4.08. The van der Waals surface area contributed by atoms with Crippen LogP contribution in [0.4, 0.5) is 0 Å². The lowest BCUT2D eigenvalue weighted by atomic mass is 9.86. The van der Waals surface area contributed by atoms with Gasteiger partial charge in [0, 0.05) is 18.0 Å². The molecule has 0 amide bonds. The highest BCUT2D eigenvalue weighted by Gasteiger charge is 2.39. The first-order chi connectivity index (χ1) is 9.17. The molecule has 0 radical (unpaired) electrons. The molecule has 1 N–H and O–H groups in total. The van der Waals surface area contributed by atoms with Gasteiger partial charge in [0.1, 0.15) is 5.60 Å². The Bertz CT molecular complexity index is 489. The van der Waals surface area contributed by atoms with Gasteiger partial charge in [0.15, 0.2) is 11.5 Å². The minimum absolute atomic E-state index is 0.152. The highest BCUT2D eigenvalue weighted by atomic mass is 16.7. The van der Waals surface area contributed by atoms with Crippen molar-refractivity contribution >= 4 is 0 Å². The second kappa shape index (κ2) is 4.60. The Balaban J connectivity index is 2.06. The van der Waals surface area contributed by atoms with Gasteiger partial charge in [-0.25, -0.2) is 0 Å². The van der Waals surface area contributed by atoms with Crippen molar-refractivity contribution in [3.63, 3.8) is 0 Å². The first-order valence-corrected chi connectivity index (χ1v) is 7.02. The van der Waals surface area contributed by atoms with Gasteiger partial charge >= 0.3 is 0 Å². The predicted molar refractivity (Wildman–Crippen MR) is 72.9 cm³/mol. The second-order valence-corrected chi connectivity index (χ2v) is 5.44. The van der Waals surface area contributed by atoms with E-state index in [0.717, 1.165) is 36.6 Å². The van der Waals surface area contributed by atoms with Crippen molar-refractivity contribution in [2.75, 3.05) is 13.3 Å². The number of ether oxygens (including phenoxy) is 3. The van der Waals surface area contributed by atoms with E-state index in [1.54, 1.807) is 0 Å². The van der Waals surface area contributed by atoms with E-state index in [4.69, 9.17) is 14.2 Å². The summed E-state index contributed by atoms with van der Waals surface area (Å²) in [5.41, 5.74) is 1.03. The average molecular weight is 263 g/mol. The number of hydrogen-bond donors (Lipinski definition) is 1. The average Bonchev–Trinajstić information content (AvgIpc) is 2.88. The van der Waals surface area contributed by atoms with Crippen molar-refractivity contribution in [2.45, 2.75) is 45.3 Å². The summed E-state index contributed by atoms with van der Waals surface area (Å²) in [6.45, 7) is 7.68. The summed E-state index contributed by atoms with van der Waals surface area (Å²) in [5, 5.41) is 3.54. The second-order valence-electron chi connectivity index (χ2n) is 5.44. The van der Waals surface area contributed by atoms with E-state index in [9.17, 15) is 0 Å². The summed E-state index contributed by atoms with van der Waals surface area (Å²) < 4.78 is 17.3. The predicted octanol–water partition coefficient (Wildman–Crippen LogP) is 3.02. The number of hydrogen-bond acceptors (Lipinski definition) is 4. The van der Waals surface area contributed by atoms with Gasteiger partial charge in [-0.2, -0.15) is 0 Å². The number of fused-ring (bicyclic) bond motifs is 3. The third-order valence-corrected chi connectivity index (χ3v) is 4.08. The summed E-state index contributed by atoms with van der Waals surface area (Å²) in [6.07, 6.45) is 1.95. The Morgan fingerprint density at radius 2 is 2.11 bits per heavy atom. The molecule has 2 aliphatic heterocycles. The minimum atomic E-state index is -0.152. The number of nitrogens with one attached hydrogen (secondary N) is 1. The summed E-state index contributed by atoms with van der Waals surface area (Å²) in [5.74, 6) is 2.41. The first-order valence-electron chi connectivity index (χ1n) is 7.02. The maximum Gasteiger partial charge on any atom is 0.231 e. The van der Waals surface area contributed by atoms with Crippen molar-refractivity contribution < 1.29 is 14.2 Å². The maximum atomic E-state index is 6.24. The van der Waals surface area contributed by atoms with Crippen molar-refractivity contribution in [3.8, 4) is 17.2 Å². The zero-order chi connectivity index (χ0) is 13.5. The van der Waals surface area contributed by atoms with Crippen LogP contribution < -0.4 is 19.5 Å². The van der Waals surface area contributed by atoms with Crippen LogP contribution in [-0.4, -0.2) is 18.9 Å². The normalized spacial score (nSPS) is 27.8. The Hall–Kier alpha value is -1.42. The SMILES string of the molecule is CCNC1CC(C)(CC)Oc2c1ccc1c2OCO1. The largest absolute Gasteiger partial charge is 0.483 e. The molecule has 1 aromatic rings. The van der Waals surface area contributed by atoms with Gasteiger partial charge in [0.25, 0.3) is 0 Å². The monoisotopic (exact) mass is 263 g/mol. The Labute approximate surface area is 114 Å². The quantitative estimate of drug-likeness (QED) is 0.910. The standard InChI is InChI=1S/C15H21NO3/c1-4-15(3)8-11(16-5-2)10-6-7-12-14(13(10)19-15)18-9-17-12/h6-7,11,16H,4-5,8-9H2,1-3H3. The molecule has 2 atom stereocenters. The highest BCUT2D eigenvalue weighted by Crippen LogP contribution is 2.51. The summed E-state index contributed by atoms with van der Waals surface area (Å²) in [4.78, 5) is 0. The highest BCUT2D eigenvalue weighted by molar-refractivity contribution is 5.58. The molecule has 4 heteroatoms. The van der Waals surface area contributed by atoms with Crippen LogP contribution in [-0.2, 0) is 0 Å². The molecule has 0 spiro atoms. The molecule has 0 aliphatic carbocycles. The fraction of sp³-hybridized carbons (Fsp3) is 0.600. The molecule has 19 heavy (non-hydrogen) atoms. The topological polar surface area (TPSA) is 39.7 Å². The molecule has 2 aliphatic rings. The Kier molecular flexibility index (Phi) is 3.05. The Morgan fingerprint density at radius 1 is 1.26 bits per heavy atom. The molecule has 4 nitrogen and oxygen atoms in total. The lowest BCUT2D eigenvalue weighted by Crippen LogP contribution is -2.41. The van der Waals surface area contributed by atoms with E-state index in [1.165, 1.54) is 5.56 Å². The van der Waals surface area contributed by atoms with E-state index in [1.807, 2.05) is 6.07 Å². The molecule has 0 saturated heterocycles. The fourth-order valence-corrected chi connectivity index (χ4v) is 2.82. The van der Waals surface area contributed by atoms with Crippen molar-refractivity contribution in [1.82, 2.24) is 5.32 Å². The molecule has 1 aromatic carbocycles. The van der Waals surface area contributed by atoms with Crippen LogP contribution in [0, 0.1) is 0 Å². The molecular weight excluding hydrogens is 242 g/mol. The third kappa shape index (κ3) is 2.04.